The van der Waals surface area contributed by atoms with Gasteiger partial charge in [0, 0.05) is 23.6 Å². The Kier molecular flexibility index (Phi) is 3.06. The zero-order valence-electron chi connectivity index (χ0n) is 9.52. The number of nitrogen functional groups attached to an aromatic ring is 1. The Hall–Kier alpha value is -1.94. The maximum atomic E-state index is 13.3. The molecular formula is C13H14FN3. The molecule has 0 radical (unpaired) electrons. The topological polar surface area (TPSA) is 64.9 Å². The van der Waals surface area contributed by atoms with Crippen LogP contribution >= 0.6 is 0 Å². The van der Waals surface area contributed by atoms with E-state index < -0.39 is 6.04 Å². The molecule has 0 fully saturated rings. The highest BCUT2D eigenvalue weighted by atomic mass is 19.1. The van der Waals surface area contributed by atoms with Crippen molar-refractivity contribution in [2.75, 3.05) is 5.73 Å². The van der Waals surface area contributed by atoms with Crippen molar-refractivity contribution in [3.05, 3.63) is 59.2 Å². The van der Waals surface area contributed by atoms with E-state index in [1.807, 2.05) is 13.0 Å². The average Bonchev–Trinajstić information content (AvgIpc) is 2.27. The molecule has 0 aliphatic carbocycles. The first kappa shape index (κ1) is 11.5. The van der Waals surface area contributed by atoms with Crippen LogP contribution in [0.4, 0.5) is 10.1 Å². The largest absolute Gasteiger partial charge is 0.398 e. The number of aryl methyl sites for hydroxylation is 1. The standard InChI is InChI=1S/C13H14FN3/c1-8-4-9(6-10(14)5-8)13(16)11-7-17-3-2-12(11)15/h2-7,13H,16H2,1H3,(H2,15,17). The summed E-state index contributed by atoms with van der Waals surface area (Å²) in [5, 5.41) is 0. The summed E-state index contributed by atoms with van der Waals surface area (Å²) in [5.41, 5.74) is 14.7. The first-order valence-electron chi connectivity index (χ1n) is 5.30. The normalized spacial score (nSPS) is 12.4. The zero-order valence-corrected chi connectivity index (χ0v) is 9.52. The van der Waals surface area contributed by atoms with Gasteiger partial charge >= 0.3 is 0 Å². The lowest BCUT2D eigenvalue weighted by atomic mass is 9.98. The quantitative estimate of drug-likeness (QED) is 0.832. The third kappa shape index (κ3) is 2.42. The Bertz CT molecular complexity index is 520. The molecule has 1 aromatic carbocycles. The fourth-order valence-electron chi connectivity index (χ4n) is 1.80. The zero-order chi connectivity index (χ0) is 12.4. The Balaban J connectivity index is 2.43. The Morgan fingerprint density at radius 2 is 2.06 bits per heavy atom. The summed E-state index contributed by atoms with van der Waals surface area (Å²) in [5.74, 6) is -0.294. The first-order chi connectivity index (χ1) is 8.08. The van der Waals surface area contributed by atoms with E-state index in [2.05, 4.69) is 4.98 Å². The summed E-state index contributed by atoms with van der Waals surface area (Å²) in [6.45, 7) is 1.83. The fourth-order valence-corrected chi connectivity index (χ4v) is 1.80. The van der Waals surface area contributed by atoms with Gasteiger partial charge in [-0.05, 0) is 36.2 Å². The predicted octanol–water partition coefficient (Wildman–Crippen LogP) is 2.16. The third-order valence-corrected chi connectivity index (χ3v) is 2.65. The van der Waals surface area contributed by atoms with Crippen LogP contribution in [0.15, 0.2) is 36.7 Å². The molecule has 4 N–H and O–H groups in total. The lowest BCUT2D eigenvalue weighted by Gasteiger charge is -2.15. The van der Waals surface area contributed by atoms with Gasteiger partial charge in [0.25, 0.3) is 0 Å². The molecule has 1 aromatic heterocycles. The van der Waals surface area contributed by atoms with Gasteiger partial charge in [-0.2, -0.15) is 0 Å². The fraction of sp³-hybridized carbons (Fsp3) is 0.154. The minimum atomic E-state index is -0.460. The van der Waals surface area contributed by atoms with E-state index in [-0.39, 0.29) is 5.82 Å². The summed E-state index contributed by atoms with van der Waals surface area (Å²) in [6, 6.07) is 5.95. The summed E-state index contributed by atoms with van der Waals surface area (Å²) in [7, 11) is 0. The van der Waals surface area contributed by atoms with Crippen molar-refractivity contribution in [2.24, 2.45) is 5.73 Å². The van der Waals surface area contributed by atoms with E-state index in [1.54, 1.807) is 18.5 Å². The maximum absolute atomic E-state index is 13.3. The molecule has 0 aliphatic heterocycles. The molecule has 0 amide bonds. The molecule has 0 bridgehead atoms. The minimum absolute atomic E-state index is 0.294. The van der Waals surface area contributed by atoms with Gasteiger partial charge < -0.3 is 11.5 Å². The number of rotatable bonds is 2. The Labute approximate surface area is 99.3 Å². The second-order valence-corrected chi connectivity index (χ2v) is 4.04. The van der Waals surface area contributed by atoms with Crippen LogP contribution in [0, 0.1) is 12.7 Å². The van der Waals surface area contributed by atoms with Crippen LogP contribution in [0.3, 0.4) is 0 Å². The van der Waals surface area contributed by atoms with Gasteiger partial charge in [0.1, 0.15) is 5.82 Å². The molecule has 2 rings (SSSR count). The molecule has 1 unspecified atom stereocenters. The van der Waals surface area contributed by atoms with Crippen molar-refractivity contribution in [3.8, 4) is 0 Å². The highest BCUT2D eigenvalue weighted by molar-refractivity contribution is 5.49. The van der Waals surface area contributed by atoms with E-state index in [1.165, 1.54) is 12.1 Å². The molecular weight excluding hydrogens is 217 g/mol. The number of aromatic nitrogens is 1. The molecule has 17 heavy (non-hydrogen) atoms. The maximum Gasteiger partial charge on any atom is 0.123 e. The third-order valence-electron chi connectivity index (χ3n) is 2.65. The number of pyridine rings is 1. The lowest BCUT2D eigenvalue weighted by molar-refractivity contribution is 0.622. The van der Waals surface area contributed by atoms with Crippen LogP contribution in [0.1, 0.15) is 22.7 Å². The average molecular weight is 231 g/mol. The molecule has 0 saturated carbocycles. The predicted molar refractivity (Wildman–Crippen MR) is 65.8 cm³/mol. The minimum Gasteiger partial charge on any atom is -0.398 e. The van der Waals surface area contributed by atoms with Crippen molar-refractivity contribution in [1.82, 2.24) is 4.98 Å². The smallest absolute Gasteiger partial charge is 0.123 e. The summed E-state index contributed by atoms with van der Waals surface area (Å²) >= 11 is 0. The van der Waals surface area contributed by atoms with Crippen molar-refractivity contribution in [2.45, 2.75) is 13.0 Å². The van der Waals surface area contributed by atoms with Crippen LogP contribution < -0.4 is 11.5 Å². The summed E-state index contributed by atoms with van der Waals surface area (Å²) in [4.78, 5) is 3.98. The van der Waals surface area contributed by atoms with Gasteiger partial charge in [0.05, 0.1) is 6.04 Å². The van der Waals surface area contributed by atoms with Crippen LogP contribution in [-0.2, 0) is 0 Å². The van der Waals surface area contributed by atoms with Gasteiger partial charge in [-0.25, -0.2) is 4.39 Å². The van der Waals surface area contributed by atoms with E-state index in [9.17, 15) is 4.39 Å². The molecule has 0 aliphatic rings. The molecule has 4 heteroatoms. The number of hydrogen-bond donors (Lipinski definition) is 2. The first-order valence-corrected chi connectivity index (χ1v) is 5.30. The molecule has 0 saturated heterocycles. The molecule has 3 nitrogen and oxygen atoms in total. The van der Waals surface area contributed by atoms with Crippen molar-refractivity contribution < 1.29 is 4.39 Å². The second kappa shape index (κ2) is 4.51. The van der Waals surface area contributed by atoms with Crippen LogP contribution in [0.25, 0.3) is 0 Å². The van der Waals surface area contributed by atoms with Crippen LogP contribution in [0.5, 0.6) is 0 Å². The van der Waals surface area contributed by atoms with E-state index in [4.69, 9.17) is 11.5 Å². The Morgan fingerprint density at radius 1 is 1.29 bits per heavy atom. The lowest BCUT2D eigenvalue weighted by Crippen LogP contribution is -2.14. The van der Waals surface area contributed by atoms with Crippen LogP contribution in [-0.4, -0.2) is 4.98 Å². The molecule has 1 atom stereocenters. The second-order valence-electron chi connectivity index (χ2n) is 4.04. The number of nitrogens with zero attached hydrogens (tertiary/aromatic N) is 1. The molecule has 88 valence electrons. The van der Waals surface area contributed by atoms with E-state index in [0.29, 0.717) is 16.8 Å². The Morgan fingerprint density at radius 3 is 2.71 bits per heavy atom. The van der Waals surface area contributed by atoms with Gasteiger partial charge in [-0.1, -0.05) is 6.07 Å². The number of anilines is 1. The monoisotopic (exact) mass is 231 g/mol. The van der Waals surface area contributed by atoms with Crippen LogP contribution in [0.2, 0.25) is 0 Å². The van der Waals surface area contributed by atoms with E-state index >= 15 is 0 Å². The number of hydrogen-bond acceptors (Lipinski definition) is 3. The van der Waals surface area contributed by atoms with Crippen molar-refractivity contribution in [3.63, 3.8) is 0 Å². The highest BCUT2D eigenvalue weighted by Gasteiger charge is 2.13. The van der Waals surface area contributed by atoms with Gasteiger partial charge in [0.15, 0.2) is 0 Å². The molecule has 1 heterocycles. The highest BCUT2D eigenvalue weighted by Crippen LogP contribution is 2.24. The number of halogens is 1. The number of benzene rings is 1. The number of nitrogens with two attached hydrogens (primary N) is 2. The van der Waals surface area contributed by atoms with Gasteiger partial charge in [-0.3, -0.25) is 4.98 Å². The van der Waals surface area contributed by atoms with Gasteiger partial charge in [0.2, 0.25) is 0 Å². The van der Waals surface area contributed by atoms with E-state index in [0.717, 1.165) is 5.56 Å². The molecule has 2 aromatic rings. The summed E-state index contributed by atoms with van der Waals surface area (Å²) in [6.07, 6.45) is 3.21. The molecule has 0 spiro atoms. The van der Waals surface area contributed by atoms with Crippen molar-refractivity contribution >= 4 is 5.69 Å². The van der Waals surface area contributed by atoms with Gasteiger partial charge in [-0.15, -0.1) is 0 Å². The van der Waals surface area contributed by atoms with Crippen molar-refractivity contribution in [1.29, 1.82) is 0 Å². The summed E-state index contributed by atoms with van der Waals surface area (Å²) < 4.78 is 13.3. The SMILES string of the molecule is Cc1cc(F)cc(C(N)c2cnccc2N)c1.